The molecule has 0 bridgehead atoms. The number of aromatic hydroxyl groups is 1. The zero-order valence-corrected chi connectivity index (χ0v) is 19.5. The van der Waals surface area contributed by atoms with Crippen LogP contribution >= 0.6 is 0 Å². The molecule has 0 saturated heterocycles. The lowest BCUT2D eigenvalue weighted by molar-refractivity contribution is 0.101. The third-order valence-electron chi connectivity index (χ3n) is 5.59. The molecule has 33 heavy (non-hydrogen) atoms. The number of phenolic OH excluding ortho intramolecular Hbond substituents is 1. The number of hydrogen-bond donors (Lipinski definition) is 1. The molecule has 0 fully saturated rings. The summed E-state index contributed by atoms with van der Waals surface area (Å²) in [5, 5.41) is 22.6. The third kappa shape index (κ3) is 7.10. The van der Waals surface area contributed by atoms with E-state index in [-0.39, 0.29) is 11.5 Å². The van der Waals surface area contributed by atoms with Gasteiger partial charge in [-0.25, -0.2) is 4.68 Å². The van der Waals surface area contributed by atoms with Gasteiger partial charge in [-0.3, -0.25) is 9.78 Å². The fourth-order valence-corrected chi connectivity index (χ4v) is 3.83. The first-order valence-corrected chi connectivity index (χ1v) is 11.7. The molecule has 2 heterocycles. The molecule has 3 aromatic rings. The van der Waals surface area contributed by atoms with Gasteiger partial charge in [0.15, 0.2) is 11.6 Å². The second kappa shape index (κ2) is 12.7. The van der Waals surface area contributed by atoms with Crippen molar-refractivity contribution in [1.82, 2.24) is 25.2 Å². The minimum Gasteiger partial charge on any atom is -0.507 e. The van der Waals surface area contributed by atoms with Crippen molar-refractivity contribution in [2.24, 2.45) is 0 Å². The molecular formula is C25H33N5O3. The summed E-state index contributed by atoms with van der Waals surface area (Å²) in [6, 6.07) is 7.47. The molecule has 0 atom stereocenters. The van der Waals surface area contributed by atoms with Crippen LogP contribution in [-0.2, 0) is 25.8 Å². The van der Waals surface area contributed by atoms with E-state index in [9.17, 15) is 9.90 Å². The van der Waals surface area contributed by atoms with Gasteiger partial charge in [0.2, 0.25) is 0 Å². The Balaban J connectivity index is 1.40. The van der Waals surface area contributed by atoms with E-state index in [0.29, 0.717) is 24.3 Å². The van der Waals surface area contributed by atoms with Gasteiger partial charge in [0.25, 0.3) is 0 Å². The highest BCUT2D eigenvalue weighted by atomic mass is 16.5. The van der Waals surface area contributed by atoms with Crippen LogP contribution in [0.25, 0.3) is 0 Å². The normalized spacial score (nSPS) is 11.0. The van der Waals surface area contributed by atoms with Crippen LogP contribution in [0, 0.1) is 0 Å². The maximum atomic E-state index is 11.7. The van der Waals surface area contributed by atoms with Crippen LogP contribution in [-0.4, -0.2) is 42.7 Å². The summed E-state index contributed by atoms with van der Waals surface area (Å²) in [5.74, 6) is 1.49. The van der Waals surface area contributed by atoms with Gasteiger partial charge in [0.05, 0.1) is 12.2 Å². The lowest BCUT2D eigenvalue weighted by Gasteiger charge is -2.14. The minimum atomic E-state index is -0.143. The van der Waals surface area contributed by atoms with Crippen LogP contribution in [0.4, 0.5) is 0 Å². The van der Waals surface area contributed by atoms with Crippen molar-refractivity contribution in [3.05, 3.63) is 59.2 Å². The van der Waals surface area contributed by atoms with Crippen molar-refractivity contribution >= 4 is 5.78 Å². The first-order valence-electron chi connectivity index (χ1n) is 11.7. The molecule has 176 valence electrons. The maximum Gasteiger partial charge on any atom is 0.163 e. The van der Waals surface area contributed by atoms with E-state index in [1.165, 1.54) is 12.5 Å². The molecule has 0 radical (unpaired) electrons. The Morgan fingerprint density at radius 1 is 1.09 bits per heavy atom. The zero-order chi connectivity index (χ0) is 23.5. The summed E-state index contributed by atoms with van der Waals surface area (Å²) >= 11 is 0. The molecule has 0 aliphatic carbocycles. The second-order valence-corrected chi connectivity index (χ2v) is 8.19. The molecule has 0 unspecified atom stereocenters. The van der Waals surface area contributed by atoms with Crippen LogP contribution in [0.15, 0.2) is 36.7 Å². The van der Waals surface area contributed by atoms with Gasteiger partial charge in [-0.1, -0.05) is 19.4 Å². The van der Waals surface area contributed by atoms with Crippen LogP contribution in [0.2, 0.25) is 0 Å². The van der Waals surface area contributed by atoms with E-state index in [4.69, 9.17) is 4.74 Å². The summed E-state index contributed by atoms with van der Waals surface area (Å²) < 4.78 is 7.83. The molecule has 0 amide bonds. The van der Waals surface area contributed by atoms with Gasteiger partial charge in [-0.05, 0) is 79.6 Å². The SMILES string of the molecule is CCCc1c(OCCCCCc2nnnn2CCCc2cccnc2)ccc(C(C)=O)c1O. The van der Waals surface area contributed by atoms with Crippen molar-refractivity contribution in [1.29, 1.82) is 0 Å². The average Bonchev–Trinajstić information content (AvgIpc) is 3.26. The average molecular weight is 452 g/mol. The van der Waals surface area contributed by atoms with Crippen molar-refractivity contribution in [3.8, 4) is 11.5 Å². The first-order chi connectivity index (χ1) is 16.1. The number of benzene rings is 1. The summed E-state index contributed by atoms with van der Waals surface area (Å²) in [4.78, 5) is 15.8. The number of ether oxygens (including phenoxy) is 1. The summed E-state index contributed by atoms with van der Waals surface area (Å²) in [6.07, 6.45) is 10.8. The Bertz CT molecular complexity index is 1020. The summed E-state index contributed by atoms with van der Waals surface area (Å²) in [7, 11) is 0. The Morgan fingerprint density at radius 2 is 1.97 bits per heavy atom. The van der Waals surface area contributed by atoms with Gasteiger partial charge in [0, 0.05) is 30.9 Å². The Labute approximate surface area is 195 Å². The Hall–Kier alpha value is -3.29. The van der Waals surface area contributed by atoms with Crippen LogP contribution < -0.4 is 4.74 Å². The Morgan fingerprint density at radius 3 is 2.73 bits per heavy atom. The molecule has 1 aromatic carbocycles. The molecular weight excluding hydrogens is 418 g/mol. The number of Topliss-reactive ketones (excluding diaryl/α,β-unsaturated/α-hetero) is 1. The zero-order valence-electron chi connectivity index (χ0n) is 19.5. The molecule has 2 aromatic heterocycles. The quantitative estimate of drug-likeness (QED) is 0.287. The molecule has 1 N–H and O–H groups in total. The van der Waals surface area contributed by atoms with Gasteiger partial charge in [0.1, 0.15) is 11.5 Å². The van der Waals surface area contributed by atoms with Crippen molar-refractivity contribution in [3.63, 3.8) is 0 Å². The van der Waals surface area contributed by atoms with E-state index in [1.807, 2.05) is 23.9 Å². The van der Waals surface area contributed by atoms with E-state index in [1.54, 1.807) is 18.3 Å². The molecule has 0 aliphatic rings. The van der Waals surface area contributed by atoms with Crippen molar-refractivity contribution in [2.45, 2.75) is 71.8 Å². The number of carbonyl (C=O) groups is 1. The fourth-order valence-electron chi connectivity index (χ4n) is 3.83. The minimum absolute atomic E-state index is 0.0530. The number of ketones is 1. The number of tetrazole rings is 1. The second-order valence-electron chi connectivity index (χ2n) is 8.19. The van der Waals surface area contributed by atoms with Gasteiger partial charge < -0.3 is 9.84 Å². The van der Waals surface area contributed by atoms with E-state index in [0.717, 1.165) is 62.9 Å². The molecule has 0 saturated carbocycles. The van der Waals surface area contributed by atoms with Gasteiger partial charge in [-0.2, -0.15) is 0 Å². The molecule has 3 rings (SSSR count). The summed E-state index contributed by atoms with van der Waals surface area (Å²) in [6.45, 7) is 4.85. The fraction of sp³-hybridized carbons (Fsp3) is 0.480. The lowest BCUT2D eigenvalue weighted by Crippen LogP contribution is -2.07. The number of nitrogens with zero attached hydrogens (tertiary/aromatic N) is 5. The topological polar surface area (TPSA) is 103 Å². The lowest BCUT2D eigenvalue weighted by atomic mass is 10.0. The van der Waals surface area contributed by atoms with Crippen molar-refractivity contribution < 1.29 is 14.6 Å². The highest BCUT2D eigenvalue weighted by molar-refractivity contribution is 5.97. The molecule has 8 heteroatoms. The third-order valence-corrected chi connectivity index (χ3v) is 5.59. The number of aromatic nitrogens is 5. The predicted octanol–water partition coefficient (Wildman–Crippen LogP) is 4.35. The highest BCUT2D eigenvalue weighted by Gasteiger charge is 2.15. The number of rotatable bonds is 14. The van der Waals surface area contributed by atoms with Gasteiger partial charge in [-0.15, -0.1) is 5.10 Å². The summed E-state index contributed by atoms with van der Waals surface area (Å²) in [5.41, 5.74) is 2.29. The standard InChI is InChI=1S/C25H33N5O3/c1-3-9-22-23(14-13-21(19(2)31)25(22)32)33-17-6-4-5-12-24-27-28-29-30(24)16-8-11-20-10-7-15-26-18-20/h7,10,13-15,18,32H,3-6,8-9,11-12,16-17H2,1-2H3. The molecule has 0 spiro atoms. The largest absolute Gasteiger partial charge is 0.507 e. The monoisotopic (exact) mass is 451 g/mol. The van der Waals surface area contributed by atoms with Crippen LogP contribution in [0.5, 0.6) is 11.5 Å². The number of pyridine rings is 1. The predicted molar refractivity (Wildman–Crippen MR) is 126 cm³/mol. The number of aryl methyl sites for hydroxylation is 3. The van der Waals surface area contributed by atoms with Crippen molar-refractivity contribution in [2.75, 3.05) is 6.61 Å². The number of phenols is 1. The first kappa shape index (κ1) is 24.4. The van der Waals surface area contributed by atoms with E-state index >= 15 is 0 Å². The van der Waals surface area contributed by atoms with Gasteiger partial charge >= 0.3 is 0 Å². The maximum absolute atomic E-state index is 11.7. The number of carbonyl (C=O) groups excluding carboxylic acids is 1. The van der Waals surface area contributed by atoms with Crippen LogP contribution in [0.1, 0.15) is 73.3 Å². The van der Waals surface area contributed by atoms with Crippen LogP contribution in [0.3, 0.4) is 0 Å². The van der Waals surface area contributed by atoms with E-state index < -0.39 is 0 Å². The van der Waals surface area contributed by atoms with E-state index in [2.05, 4.69) is 26.6 Å². The number of unbranched alkanes of at least 4 members (excludes halogenated alkanes) is 2. The molecule has 0 aliphatic heterocycles. The number of hydrogen-bond acceptors (Lipinski definition) is 7. The Kier molecular flexibility index (Phi) is 9.35. The molecule has 8 nitrogen and oxygen atoms in total. The smallest absolute Gasteiger partial charge is 0.163 e. The highest BCUT2D eigenvalue weighted by Crippen LogP contribution is 2.33.